The second-order valence-corrected chi connectivity index (χ2v) is 4.58. The maximum absolute atomic E-state index is 13.5. The van der Waals surface area contributed by atoms with Crippen LogP contribution in [-0.2, 0) is 6.42 Å². The van der Waals surface area contributed by atoms with Crippen LogP contribution in [0.5, 0.6) is 5.75 Å². The summed E-state index contributed by atoms with van der Waals surface area (Å²) in [5.74, 6) is 0.627. The van der Waals surface area contributed by atoms with Crippen LogP contribution in [-0.4, -0.2) is 13.2 Å². The van der Waals surface area contributed by atoms with Gasteiger partial charge in [-0.25, -0.2) is 4.39 Å². The first kappa shape index (κ1) is 13.4. The van der Waals surface area contributed by atoms with E-state index in [9.17, 15) is 4.39 Å². The minimum Gasteiger partial charge on any atom is -0.497 e. The highest BCUT2D eigenvalue weighted by molar-refractivity contribution is 5.45. The molecule has 0 saturated carbocycles. The molecule has 3 heteroatoms. The Morgan fingerprint density at radius 2 is 1.79 bits per heavy atom. The molecule has 0 aliphatic rings. The molecule has 0 heterocycles. The lowest BCUT2D eigenvalue weighted by atomic mass is 10.1. The zero-order valence-electron chi connectivity index (χ0n) is 11.2. The Morgan fingerprint density at radius 3 is 2.42 bits per heavy atom. The van der Waals surface area contributed by atoms with Crippen LogP contribution in [0.2, 0.25) is 0 Å². The second kappa shape index (κ2) is 6.23. The molecular formula is C16H18FNO. The number of benzene rings is 2. The third kappa shape index (κ3) is 3.71. The van der Waals surface area contributed by atoms with E-state index in [4.69, 9.17) is 4.74 Å². The smallest absolute Gasteiger partial charge is 0.146 e. The molecule has 19 heavy (non-hydrogen) atoms. The highest BCUT2D eigenvalue weighted by Gasteiger charge is 2.06. The molecule has 2 aromatic rings. The molecular weight excluding hydrogens is 241 g/mol. The molecule has 2 rings (SSSR count). The Balaban J connectivity index is 1.97. The molecule has 0 fully saturated rings. The third-order valence-corrected chi connectivity index (χ3v) is 2.98. The first-order chi connectivity index (χ1) is 9.19. The lowest BCUT2D eigenvalue weighted by molar-refractivity contribution is 0.414. The van der Waals surface area contributed by atoms with Gasteiger partial charge in [-0.3, -0.25) is 0 Å². The van der Waals surface area contributed by atoms with Gasteiger partial charge in [0.25, 0.3) is 0 Å². The molecule has 1 N–H and O–H groups in total. The molecule has 100 valence electrons. The van der Waals surface area contributed by atoms with Crippen LogP contribution >= 0.6 is 0 Å². The molecule has 0 saturated heterocycles. The molecule has 0 aliphatic heterocycles. The van der Waals surface area contributed by atoms with E-state index in [1.807, 2.05) is 37.3 Å². The summed E-state index contributed by atoms with van der Waals surface area (Å²) < 4.78 is 18.6. The molecule has 1 atom stereocenters. The highest BCUT2D eigenvalue weighted by Crippen LogP contribution is 2.17. The van der Waals surface area contributed by atoms with E-state index in [2.05, 4.69) is 5.32 Å². The van der Waals surface area contributed by atoms with Crippen molar-refractivity contribution in [1.82, 2.24) is 0 Å². The minimum atomic E-state index is -0.218. The zero-order valence-corrected chi connectivity index (χ0v) is 11.2. The Labute approximate surface area is 113 Å². The summed E-state index contributed by atoms with van der Waals surface area (Å²) >= 11 is 0. The van der Waals surface area contributed by atoms with Gasteiger partial charge in [0.05, 0.1) is 12.8 Å². The number of anilines is 1. The SMILES string of the molecule is COc1ccc(C[C@H](C)Nc2ccccc2F)cc1. The largest absolute Gasteiger partial charge is 0.497 e. The lowest BCUT2D eigenvalue weighted by Gasteiger charge is -2.16. The molecule has 0 aliphatic carbocycles. The first-order valence-corrected chi connectivity index (χ1v) is 6.33. The van der Waals surface area contributed by atoms with Crippen molar-refractivity contribution >= 4 is 5.69 Å². The maximum atomic E-state index is 13.5. The molecule has 0 amide bonds. The van der Waals surface area contributed by atoms with Gasteiger partial charge in [-0.2, -0.15) is 0 Å². The normalized spacial score (nSPS) is 11.9. The predicted molar refractivity (Wildman–Crippen MR) is 76.2 cm³/mol. The van der Waals surface area contributed by atoms with Gasteiger partial charge >= 0.3 is 0 Å². The van der Waals surface area contributed by atoms with Gasteiger partial charge in [-0.15, -0.1) is 0 Å². The van der Waals surface area contributed by atoms with Gasteiger partial charge in [-0.1, -0.05) is 24.3 Å². The van der Waals surface area contributed by atoms with Crippen LogP contribution in [0.15, 0.2) is 48.5 Å². The summed E-state index contributed by atoms with van der Waals surface area (Å²) in [5, 5.41) is 3.18. The standard InChI is InChI=1S/C16H18FNO/c1-12(18-16-6-4-3-5-15(16)17)11-13-7-9-14(19-2)10-8-13/h3-10,12,18H,11H2,1-2H3/t12-/m0/s1. The fourth-order valence-electron chi connectivity index (χ4n) is 2.01. The predicted octanol–water partition coefficient (Wildman–Crippen LogP) is 3.88. The molecule has 2 nitrogen and oxygen atoms in total. The maximum Gasteiger partial charge on any atom is 0.146 e. The second-order valence-electron chi connectivity index (χ2n) is 4.58. The van der Waals surface area contributed by atoms with Crippen LogP contribution in [0.1, 0.15) is 12.5 Å². The van der Waals surface area contributed by atoms with Crippen molar-refractivity contribution in [2.75, 3.05) is 12.4 Å². The van der Waals surface area contributed by atoms with Crippen LogP contribution in [0, 0.1) is 5.82 Å². The van der Waals surface area contributed by atoms with Gasteiger partial charge in [0.15, 0.2) is 0 Å². The van der Waals surface area contributed by atoms with E-state index < -0.39 is 0 Å². The summed E-state index contributed by atoms with van der Waals surface area (Å²) in [5.41, 5.74) is 1.74. The number of nitrogens with one attached hydrogen (secondary N) is 1. The molecule has 0 radical (unpaired) electrons. The number of methoxy groups -OCH3 is 1. The summed E-state index contributed by atoms with van der Waals surface area (Å²) in [6.45, 7) is 2.04. The van der Waals surface area contributed by atoms with Crippen molar-refractivity contribution in [1.29, 1.82) is 0 Å². The third-order valence-electron chi connectivity index (χ3n) is 2.98. The van der Waals surface area contributed by atoms with E-state index in [0.717, 1.165) is 12.2 Å². The lowest BCUT2D eigenvalue weighted by Crippen LogP contribution is -2.18. The monoisotopic (exact) mass is 259 g/mol. The zero-order chi connectivity index (χ0) is 13.7. The first-order valence-electron chi connectivity index (χ1n) is 6.33. The van der Waals surface area contributed by atoms with Crippen molar-refractivity contribution in [3.05, 3.63) is 59.9 Å². The molecule has 2 aromatic carbocycles. The Kier molecular flexibility index (Phi) is 4.39. The van der Waals surface area contributed by atoms with Crippen LogP contribution in [0.4, 0.5) is 10.1 Å². The van der Waals surface area contributed by atoms with Crippen molar-refractivity contribution in [3.8, 4) is 5.75 Å². The van der Waals surface area contributed by atoms with Gasteiger partial charge in [0.2, 0.25) is 0 Å². The van der Waals surface area contributed by atoms with Gasteiger partial charge in [0.1, 0.15) is 11.6 Å². The van der Waals surface area contributed by atoms with Crippen molar-refractivity contribution in [3.63, 3.8) is 0 Å². The fraction of sp³-hybridized carbons (Fsp3) is 0.250. The quantitative estimate of drug-likeness (QED) is 0.880. The van der Waals surface area contributed by atoms with E-state index in [0.29, 0.717) is 5.69 Å². The average Bonchev–Trinajstić information content (AvgIpc) is 2.42. The molecule has 0 bridgehead atoms. The average molecular weight is 259 g/mol. The molecule has 0 aromatic heterocycles. The topological polar surface area (TPSA) is 21.3 Å². The summed E-state index contributed by atoms with van der Waals surface area (Å²) in [6, 6.07) is 14.8. The van der Waals surface area contributed by atoms with Crippen molar-refractivity contribution < 1.29 is 9.13 Å². The summed E-state index contributed by atoms with van der Waals surface area (Å²) in [6.07, 6.45) is 0.832. The van der Waals surface area contributed by atoms with E-state index >= 15 is 0 Å². The van der Waals surface area contributed by atoms with E-state index in [1.165, 1.54) is 11.6 Å². The summed E-state index contributed by atoms with van der Waals surface area (Å²) in [7, 11) is 1.65. The Bertz CT molecular complexity index is 525. The van der Waals surface area contributed by atoms with Gasteiger partial charge in [-0.05, 0) is 43.2 Å². The van der Waals surface area contributed by atoms with Crippen LogP contribution < -0.4 is 10.1 Å². The Hall–Kier alpha value is -2.03. The number of hydrogen-bond donors (Lipinski definition) is 1. The fourth-order valence-corrected chi connectivity index (χ4v) is 2.01. The highest BCUT2D eigenvalue weighted by atomic mass is 19.1. The Morgan fingerprint density at radius 1 is 1.11 bits per heavy atom. The van der Waals surface area contributed by atoms with E-state index in [-0.39, 0.29) is 11.9 Å². The van der Waals surface area contributed by atoms with Gasteiger partial charge in [0, 0.05) is 6.04 Å². The molecule has 0 unspecified atom stereocenters. The number of ether oxygens (including phenoxy) is 1. The number of rotatable bonds is 5. The van der Waals surface area contributed by atoms with Crippen LogP contribution in [0.3, 0.4) is 0 Å². The number of hydrogen-bond acceptors (Lipinski definition) is 2. The molecule has 0 spiro atoms. The number of halogens is 1. The van der Waals surface area contributed by atoms with Crippen molar-refractivity contribution in [2.45, 2.75) is 19.4 Å². The summed E-state index contributed by atoms with van der Waals surface area (Å²) in [4.78, 5) is 0. The van der Waals surface area contributed by atoms with Gasteiger partial charge < -0.3 is 10.1 Å². The van der Waals surface area contributed by atoms with E-state index in [1.54, 1.807) is 19.2 Å². The van der Waals surface area contributed by atoms with Crippen molar-refractivity contribution in [2.24, 2.45) is 0 Å². The minimum absolute atomic E-state index is 0.158. The number of para-hydroxylation sites is 1. The van der Waals surface area contributed by atoms with Crippen LogP contribution in [0.25, 0.3) is 0 Å².